The van der Waals surface area contributed by atoms with Gasteiger partial charge in [0.05, 0.1) is 5.69 Å². The second kappa shape index (κ2) is 6.44. The van der Waals surface area contributed by atoms with Crippen LogP contribution in [0.2, 0.25) is 0 Å². The summed E-state index contributed by atoms with van der Waals surface area (Å²) >= 11 is 1.73. The smallest absolute Gasteiger partial charge is 0.256 e. The van der Waals surface area contributed by atoms with E-state index in [4.69, 9.17) is 0 Å². The zero-order valence-corrected chi connectivity index (χ0v) is 13.7. The van der Waals surface area contributed by atoms with Gasteiger partial charge in [-0.25, -0.2) is 4.98 Å². The molecule has 3 rings (SSSR count). The molecule has 1 aliphatic rings. The molecule has 0 spiro atoms. The van der Waals surface area contributed by atoms with E-state index in [1.165, 1.54) is 5.69 Å². The molecule has 5 nitrogen and oxygen atoms in total. The zero-order chi connectivity index (χ0) is 15.5. The Balaban J connectivity index is 1.79. The number of hydrogen-bond donors (Lipinski definition) is 2. The summed E-state index contributed by atoms with van der Waals surface area (Å²) in [6.45, 7) is 6.26. The lowest BCUT2D eigenvalue weighted by molar-refractivity contribution is 0.866. The number of nitrogens with zero attached hydrogens (tertiary/aromatic N) is 2. The fraction of sp³-hybridized carbons (Fsp3) is 0.375. The molecule has 1 aliphatic heterocycles. The van der Waals surface area contributed by atoms with Crippen LogP contribution in [0, 0.1) is 0 Å². The molecule has 2 aromatic rings. The van der Waals surface area contributed by atoms with Gasteiger partial charge in [0.15, 0.2) is 0 Å². The topological polar surface area (TPSA) is 61.0 Å². The van der Waals surface area contributed by atoms with Gasteiger partial charge in [0, 0.05) is 41.5 Å². The molecule has 22 heavy (non-hydrogen) atoms. The van der Waals surface area contributed by atoms with Crippen molar-refractivity contribution in [3.05, 3.63) is 45.9 Å². The standard InChI is InChI=1S/C16H20N4OS/c1-3-20(4-2)12-7-5-11(6-8-12)17-16-18-14-10-22-9-13(14)15(21)19-16/h5-8H,3-4,9-10H2,1-2H3,(H2,17,18,19,21). The Morgan fingerprint density at radius 2 is 1.95 bits per heavy atom. The van der Waals surface area contributed by atoms with Gasteiger partial charge >= 0.3 is 0 Å². The number of hydrogen-bond acceptors (Lipinski definition) is 5. The van der Waals surface area contributed by atoms with E-state index >= 15 is 0 Å². The number of nitrogens with one attached hydrogen (secondary N) is 2. The quantitative estimate of drug-likeness (QED) is 0.887. The predicted octanol–water partition coefficient (Wildman–Crippen LogP) is 3.11. The highest BCUT2D eigenvalue weighted by Gasteiger charge is 2.17. The molecule has 0 amide bonds. The Labute approximate surface area is 134 Å². The van der Waals surface area contributed by atoms with E-state index in [1.807, 2.05) is 12.1 Å². The first-order valence-electron chi connectivity index (χ1n) is 7.53. The number of rotatable bonds is 5. The van der Waals surface area contributed by atoms with E-state index in [2.05, 4.69) is 46.2 Å². The molecule has 0 aliphatic carbocycles. The summed E-state index contributed by atoms with van der Waals surface area (Å²) in [7, 11) is 0. The normalized spacial score (nSPS) is 13.0. The first kappa shape index (κ1) is 15.0. The van der Waals surface area contributed by atoms with Gasteiger partial charge in [-0.05, 0) is 38.1 Å². The van der Waals surface area contributed by atoms with Gasteiger partial charge in [-0.1, -0.05) is 0 Å². The van der Waals surface area contributed by atoms with Crippen LogP contribution in [-0.4, -0.2) is 23.1 Å². The second-order valence-corrected chi connectivity index (χ2v) is 6.16. The van der Waals surface area contributed by atoms with Crippen LogP contribution in [0.1, 0.15) is 25.1 Å². The van der Waals surface area contributed by atoms with Gasteiger partial charge in [-0.15, -0.1) is 0 Å². The van der Waals surface area contributed by atoms with E-state index in [9.17, 15) is 4.79 Å². The first-order chi connectivity index (χ1) is 10.7. The van der Waals surface area contributed by atoms with E-state index < -0.39 is 0 Å². The van der Waals surface area contributed by atoms with Crippen molar-refractivity contribution < 1.29 is 0 Å². The monoisotopic (exact) mass is 316 g/mol. The van der Waals surface area contributed by atoms with Crippen LogP contribution in [-0.2, 0) is 11.5 Å². The SMILES string of the molecule is CCN(CC)c1ccc(Nc2nc3c(c(=O)[nH]2)CSC3)cc1. The molecule has 0 fully saturated rings. The molecule has 1 aromatic carbocycles. The van der Waals surface area contributed by atoms with Crippen molar-refractivity contribution in [2.75, 3.05) is 23.3 Å². The predicted molar refractivity (Wildman–Crippen MR) is 93.1 cm³/mol. The van der Waals surface area contributed by atoms with Gasteiger partial charge in [0.1, 0.15) is 0 Å². The Morgan fingerprint density at radius 3 is 2.64 bits per heavy atom. The first-order valence-corrected chi connectivity index (χ1v) is 8.68. The van der Waals surface area contributed by atoms with Crippen LogP contribution >= 0.6 is 11.8 Å². The summed E-state index contributed by atoms with van der Waals surface area (Å²) in [5, 5.41) is 3.18. The maximum Gasteiger partial charge on any atom is 0.256 e. The lowest BCUT2D eigenvalue weighted by Gasteiger charge is -2.21. The van der Waals surface area contributed by atoms with Crippen LogP contribution in [0.4, 0.5) is 17.3 Å². The van der Waals surface area contributed by atoms with Gasteiger partial charge in [-0.3, -0.25) is 9.78 Å². The third-order valence-electron chi connectivity index (χ3n) is 3.84. The fourth-order valence-electron chi connectivity index (χ4n) is 2.60. The van der Waals surface area contributed by atoms with Gasteiger partial charge in [0.2, 0.25) is 5.95 Å². The van der Waals surface area contributed by atoms with Crippen molar-refractivity contribution in [3.8, 4) is 0 Å². The van der Waals surface area contributed by atoms with Gasteiger partial charge in [-0.2, -0.15) is 11.8 Å². The molecule has 2 N–H and O–H groups in total. The van der Waals surface area contributed by atoms with Gasteiger partial charge < -0.3 is 10.2 Å². The Bertz CT molecular complexity index is 707. The highest BCUT2D eigenvalue weighted by atomic mass is 32.2. The van der Waals surface area contributed by atoms with Crippen molar-refractivity contribution in [1.29, 1.82) is 0 Å². The minimum Gasteiger partial charge on any atom is -0.372 e. The van der Waals surface area contributed by atoms with Crippen LogP contribution < -0.4 is 15.8 Å². The van der Waals surface area contributed by atoms with Crippen molar-refractivity contribution in [2.45, 2.75) is 25.4 Å². The Hall–Kier alpha value is -1.95. The highest BCUT2D eigenvalue weighted by molar-refractivity contribution is 7.98. The summed E-state index contributed by atoms with van der Waals surface area (Å²) in [5.41, 5.74) is 3.80. The minimum atomic E-state index is -0.0303. The van der Waals surface area contributed by atoms with Crippen LogP contribution in [0.5, 0.6) is 0 Å². The van der Waals surface area contributed by atoms with Crippen molar-refractivity contribution in [1.82, 2.24) is 9.97 Å². The molecular formula is C16H20N4OS. The molecule has 2 heterocycles. The summed E-state index contributed by atoms with van der Waals surface area (Å²) in [6.07, 6.45) is 0. The summed E-state index contributed by atoms with van der Waals surface area (Å²) in [5.74, 6) is 2.09. The van der Waals surface area contributed by atoms with Gasteiger partial charge in [0.25, 0.3) is 5.56 Å². The van der Waals surface area contributed by atoms with E-state index in [0.717, 1.165) is 41.5 Å². The van der Waals surface area contributed by atoms with Crippen LogP contribution in [0.3, 0.4) is 0 Å². The fourth-order valence-corrected chi connectivity index (χ4v) is 3.64. The van der Waals surface area contributed by atoms with E-state index in [0.29, 0.717) is 5.95 Å². The van der Waals surface area contributed by atoms with E-state index in [-0.39, 0.29) is 5.56 Å². The molecule has 0 radical (unpaired) electrons. The average molecular weight is 316 g/mol. The number of thioether (sulfide) groups is 1. The molecule has 0 unspecified atom stereocenters. The van der Waals surface area contributed by atoms with Crippen molar-refractivity contribution >= 4 is 29.1 Å². The van der Waals surface area contributed by atoms with Crippen molar-refractivity contribution in [3.63, 3.8) is 0 Å². The van der Waals surface area contributed by atoms with Crippen LogP contribution in [0.25, 0.3) is 0 Å². The molecule has 0 saturated carbocycles. The van der Waals surface area contributed by atoms with E-state index in [1.54, 1.807) is 11.8 Å². The average Bonchev–Trinajstić information content (AvgIpc) is 2.99. The summed E-state index contributed by atoms with van der Waals surface area (Å²) in [6, 6.07) is 8.18. The molecule has 0 bridgehead atoms. The number of benzene rings is 1. The summed E-state index contributed by atoms with van der Waals surface area (Å²) in [4.78, 5) is 21.6. The third kappa shape index (κ3) is 2.97. The lowest BCUT2D eigenvalue weighted by Crippen LogP contribution is -2.21. The largest absolute Gasteiger partial charge is 0.372 e. The zero-order valence-electron chi connectivity index (χ0n) is 12.8. The molecule has 6 heteroatoms. The maximum absolute atomic E-state index is 12.0. The molecule has 0 saturated heterocycles. The molecular weight excluding hydrogens is 296 g/mol. The Kier molecular flexibility index (Phi) is 4.38. The number of H-pyrrole nitrogens is 1. The number of aromatic nitrogens is 2. The van der Waals surface area contributed by atoms with Crippen molar-refractivity contribution in [2.24, 2.45) is 0 Å². The number of anilines is 3. The number of aromatic amines is 1. The minimum absolute atomic E-state index is 0.0303. The number of fused-ring (bicyclic) bond motifs is 1. The lowest BCUT2D eigenvalue weighted by atomic mass is 10.2. The highest BCUT2D eigenvalue weighted by Crippen LogP contribution is 2.26. The molecule has 1 aromatic heterocycles. The summed E-state index contributed by atoms with van der Waals surface area (Å²) < 4.78 is 0. The third-order valence-corrected chi connectivity index (χ3v) is 4.82. The Morgan fingerprint density at radius 1 is 1.23 bits per heavy atom. The second-order valence-electron chi connectivity index (χ2n) is 5.18. The molecule has 116 valence electrons. The van der Waals surface area contributed by atoms with Crippen LogP contribution in [0.15, 0.2) is 29.1 Å². The molecule has 0 atom stereocenters. The maximum atomic E-state index is 12.0.